The van der Waals surface area contributed by atoms with Crippen LogP contribution in [0.2, 0.25) is 0 Å². The van der Waals surface area contributed by atoms with Crippen LogP contribution < -0.4 is 0 Å². The van der Waals surface area contributed by atoms with Gasteiger partial charge in [0.15, 0.2) is 0 Å². The molecule has 1 aromatic carbocycles. The number of ether oxygens (including phenoxy) is 1. The Morgan fingerprint density at radius 2 is 1.11 bits per heavy atom. The molecule has 0 aliphatic carbocycles. The van der Waals surface area contributed by atoms with Crippen LogP contribution in [0, 0.1) is 0 Å². The summed E-state index contributed by atoms with van der Waals surface area (Å²) >= 11 is 0. The van der Waals surface area contributed by atoms with E-state index in [1.165, 1.54) is 101 Å². The van der Waals surface area contributed by atoms with Crippen molar-refractivity contribution in [2.24, 2.45) is 0 Å². The van der Waals surface area contributed by atoms with Crippen LogP contribution in [-0.4, -0.2) is 17.7 Å². The van der Waals surface area contributed by atoms with Gasteiger partial charge in [-0.25, -0.2) is 0 Å². The summed E-state index contributed by atoms with van der Waals surface area (Å²) in [4.78, 5) is 12.3. The van der Waals surface area contributed by atoms with Crippen molar-refractivity contribution in [3.8, 4) is 0 Å². The lowest BCUT2D eigenvalue weighted by molar-refractivity contribution is -0.146. The molecule has 1 unspecified atom stereocenters. The van der Waals surface area contributed by atoms with Gasteiger partial charge in [0.25, 0.3) is 0 Å². The molecule has 1 rings (SSSR count). The van der Waals surface area contributed by atoms with E-state index in [0.29, 0.717) is 6.61 Å². The average Bonchev–Trinajstić information content (AvgIpc) is 2.84. The Hall–Kier alpha value is -1.35. The third-order valence-corrected chi connectivity index (χ3v) is 7.67. The summed E-state index contributed by atoms with van der Waals surface area (Å²) < 4.78 is 5.43. The number of carbonyl (C=O) groups excluding carboxylic acids is 1. The maximum atomic E-state index is 12.3. The van der Waals surface area contributed by atoms with E-state index in [1.807, 2.05) is 6.07 Å². The van der Waals surface area contributed by atoms with E-state index in [0.717, 1.165) is 18.4 Å². The molecule has 0 aliphatic heterocycles. The van der Waals surface area contributed by atoms with Gasteiger partial charge in [-0.1, -0.05) is 163 Å². The highest BCUT2D eigenvalue weighted by atomic mass is 16.5. The highest BCUT2D eigenvalue weighted by Crippen LogP contribution is 2.36. The quantitative estimate of drug-likeness (QED) is 0.135. The molecular formula is C35H62O3. The van der Waals surface area contributed by atoms with Gasteiger partial charge in [0, 0.05) is 0 Å². The third-order valence-electron chi connectivity index (χ3n) is 7.67. The molecule has 0 saturated carbocycles. The second kappa shape index (κ2) is 18.9. The molecule has 3 nitrogen and oxygen atoms in total. The summed E-state index contributed by atoms with van der Waals surface area (Å²) in [5.41, 5.74) is 3.29. The smallest absolute Gasteiger partial charge is 0.308 e. The third kappa shape index (κ3) is 15.3. The first kappa shape index (κ1) is 34.7. The molecule has 0 aromatic heterocycles. The number of aliphatic hydroxyl groups is 1. The van der Waals surface area contributed by atoms with Crippen molar-refractivity contribution in [2.45, 2.75) is 175 Å². The summed E-state index contributed by atoms with van der Waals surface area (Å²) in [6.45, 7) is 16.0. The first-order valence-electron chi connectivity index (χ1n) is 16.0. The van der Waals surface area contributed by atoms with Crippen LogP contribution in [0.3, 0.4) is 0 Å². The number of rotatable bonds is 20. The first-order valence-corrected chi connectivity index (χ1v) is 16.0. The Morgan fingerprint density at radius 1 is 0.684 bits per heavy atom. The fraction of sp³-hybridized carbons (Fsp3) is 0.800. The van der Waals surface area contributed by atoms with Crippen LogP contribution in [0.1, 0.15) is 180 Å². The van der Waals surface area contributed by atoms with Gasteiger partial charge >= 0.3 is 5.97 Å². The predicted octanol–water partition coefficient (Wildman–Crippen LogP) is 10.5. The normalized spacial score (nSPS) is 13.1. The Morgan fingerprint density at radius 3 is 1.53 bits per heavy atom. The van der Waals surface area contributed by atoms with Gasteiger partial charge in [0.1, 0.15) is 0 Å². The zero-order chi connectivity index (χ0) is 28.4. The van der Waals surface area contributed by atoms with E-state index in [1.54, 1.807) is 0 Å². The molecule has 0 amide bonds. The number of unbranched alkanes of at least 4 members (excludes halogenated alkanes) is 15. The molecule has 1 aromatic rings. The Bertz CT molecular complexity index is 753. The van der Waals surface area contributed by atoms with Gasteiger partial charge in [-0.15, -0.1) is 0 Å². The minimum atomic E-state index is -0.830. The van der Waals surface area contributed by atoms with Crippen LogP contribution in [0.25, 0.3) is 0 Å². The summed E-state index contributed by atoms with van der Waals surface area (Å²) in [6.07, 6.45) is 20.4. The highest BCUT2D eigenvalue weighted by Gasteiger charge is 2.26. The van der Waals surface area contributed by atoms with Crippen LogP contribution in [0.15, 0.2) is 18.2 Å². The molecule has 38 heavy (non-hydrogen) atoms. The largest absolute Gasteiger partial charge is 0.466 e. The second-order valence-electron chi connectivity index (χ2n) is 13.5. The maximum Gasteiger partial charge on any atom is 0.308 e. The second-order valence-corrected chi connectivity index (χ2v) is 13.5. The molecule has 3 heteroatoms. The molecule has 1 N–H and O–H groups in total. The van der Waals surface area contributed by atoms with Crippen molar-refractivity contribution >= 4 is 5.97 Å². The highest BCUT2D eigenvalue weighted by molar-refractivity contribution is 5.70. The van der Waals surface area contributed by atoms with Gasteiger partial charge in [0.2, 0.25) is 0 Å². The summed E-state index contributed by atoms with van der Waals surface area (Å²) in [7, 11) is 0. The fourth-order valence-corrected chi connectivity index (χ4v) is 5.21. The average molecular weight is 531 g/mol. The minimum absolute atomic E-state index is 0.0112. The number of aliphatic hydroxyl groups excluding tert-OH is 1. The molecule has 0 spiro atoms. The van der Waals surface area contributed by atoms with Crippen LogP contribution in [0.5, 0.6) is 0 Å². The number of carbonyl (C=O) groups is 1. The molecule has 0 bridgehead atoms. The van der Waals surface area contributed by atoms with Crippen molar-refractivity contribution in [1.82, 2.24) is 0 Å². The van der Waals surface area contributed by atoms with E-state index >= 15 is 0 Å². The Labute approximate surface area is 236 Å². The van der Waals surface area contributed by atoms with Crippen LogP contribution >= 0.6 is 0 Å². The summed E-state index contributed by atoms with van der Waals surface area (Å²) in [5, 5.41) is 10.7. The number of hydrogen-bond acceptors (Lipinski definition) is 3. The van der Waals surface area contributed by atoms with Gasteiger partial charge in [-0.3, -0.25) is 4.79 Å². The molecule has 0 radical (unpaired) electrons. The zero-order valence-corrected chi connectivity index (χ0v) is 26.3. The van der Waals surface area contributed by atoms with Crippen molar-refractivity contribution in [3.63, 3.8) is 0 Å². The lowest BCUT2D eigenvalue weighted by Gasteiger charge is -2.31. The van der Waals surface area contributed by atoms with Crippen molar-refractivity contribution in [2.75, 3.05) is 6.61 Å². The molecule has 220 valence electrons. The maximum absolute atomic E-state index is 12.3. The number of benzene rings is 1. The van der Waals surface area contributed by atoms with Gasteiger partial charge in [-0.2, -0.15) is 0 Å². The zero-order valence-electron chi connectivity index (χ0n) is 26.3. The molecule has 0 fully saturated rings. The van der Waals surface area contributed by atoms with E-state index < -0.39 is 6.10 Å². The molecule has 0 aliphatic rings. The van der Waals surface area contributed by atoms with Crippen LogP contribution in [0.4, 0.5) is 0 Å². The predicted molar refractivity (Wildman–Crippen MR) is 164 cm³/mol. The fourth-order valence-electron chi connectivity index (χ4n) is 5.21. The van der Waals surface area contributed by atoms with Crippen molar-refractivity contribution in [3.05, 3.63) is 34.9 Å². The van der Waals surface area contributed by atoms with Crippen molar-refractivity contribution < 1.29 is 14.6 Å². The molecule has 0 heterocycles. The van der Waals surface area contributed by atoms with Crippen molar-refractivity contribution in [1.29, 1.82) is 0 Å². The molecular weight excluding hydrogens is 468 g/mol. The van der Waals surface area contributed by atoms with Gasteiger partial charge in [0.05, 0.1) is 19.1 Å². The van der Waals surface area contributed by atoms with E-state index in [4.69, 9.17) is 4.74 Å². The van der Waals surface area contributed by atoms with Crippen LogP contribution in [-0.2, 0) is 20.4 Å². The Kier molecular flexibility index (Phi) is 17.2. The van der Waals surface area contributed by atoms with Gasteiger partial charge in [-0.05, 0) is 33.9 Å². The minimum Gasteiger partial charge on any atom is -0.466 e. The van der Waals surface area contributed by atoms with Gasteiger partial charge < -0.3 is 9.84 Å². The SMILES string of the molecule is CCCCCCCCCCCCCCCCCCOC(=O)CC(O)c1ccc(C(C)(C)C)c(C(C)(C)C)c1. The topological polar surface area (TPSA) is 46.5 Å². The lowest BCUT2D eigenvalue weighted by atomic mass is 9.74. The molecule has 0 saturated heterocycles. The standard InChI is InChI=1S/C35H62O3/c1-8-9-10-11-12-13-14-15-16-17-18-19-20-21-22-23-26-38-33(37)28-32(36)29-24-25-30(34(2,3)4)31(27-29)35(5,6)7/h24-25,27,32,36H,8-23,26,28H2,1-7H3. The first-order chi connectivity index (χ1) is 18.0. The Balaban J connectivity index is 2.13. The summed E-state index contributed by atoms with van der Waals surface area (Å²) in [6, 6.07) is 6.15. The number of hydrogen-bond donors (Lipinski definition) is 1. The van der Waals surface area contributed by atoms with E-state index in [2.05, 4.69) is 60.6 Å². The number of esters is 1. The lowest BCUT2D eigenvalue weighted by Crippen LogP contribution is -2.22. The van der Waals surface area contributed by atoms with E-state index in [-0.39, 0.29) is 23.2 Å². The molecule has 1 atom stereocenters. The van der Waals surface area contributed by atoms with E-state index in [9.17, 15) is 9.90 Å². The summed E-state index contributed by atoms with van der Waals surface area (Å²) in [5.74, 6) is -0.310. The monoisotopic (exact) mass is 530 g/mol.